The summed E-state index contributed by atoms with van der Waals surface area (Å²) in [6.45, 7) is 2.88. The number of halogens is 1. The Labute approximate surface area is 101 Å². The van der Waals surface area contributed by atoms with Crippen LogP contribution in [-0.2, 0) is 6.54 Å². The maximum Gasteiger partial charge on any atom is 0.117 e. The van der Waals surface area contributed by atoms with Gasteiger partial charge in [0.1, 0.15) is 5.75 Å². The van der Waals surface area contributed by atoms with Crippen molar-refractivity contribution in [3.63, 3.8) is 0 Å². The summed E-state index contributed by atoms with van der Waals surface area (Å²) >= 11 is 5.89. The molecule has 0 unspecified atom stereocenters. The number of aromatic hydroxyl groups is 1. The number of phenolic OH excluding ortho intramolecular Hbond substituents is 1. The maximum atomic E-state index is 9.44. The number of nitrogens with zero attached hydrogens (tertiary/aromatic N) is 1. The van der Waals surface area contributed by atoms with Crippen LogP contribution in [0.1, 0.15) is 18.4 Å². The van der Waals surface area contributed by atoms with Crippen molar-refractivity contribution in [1.29, 1.82) is 0 Å². The Hall–Kier alpha value is -0.770. The summed E-state index contributed by atoms with van der Waals surface area (Å²) in [4.78, 5) is 2.34. The Bertz CT molecular complexity index is 342. The molecule has 1 aliphatic heterocycles. The molecule has 0 aliphatic carbocycles. The van der Waals surface area contributed by atoms with E-state index in [1.807, 2.05) is 6.07 Å². The van der Waals surface area contributed by atoms with Crippen molar-refractivity contribution in [2.24, 2.45) is 5.73 Å². The second kappa shape index (κ2) is 5.04. The summed E-state index contributed by atoms with van der Waals surface area (Å²) < 4.78 is 0. The summed E-state index contributed by atoms with van der Waals surface area (Å²) in [6.07, 6.45) is 2.10. The zero-order valence-corrected chi connectivity index (χ0v) is 9.95. The number of hydrogen-bond donors (Lipinski definition) is 2. The first-order chi connectivity index (χ1) is 7.63. The molecule has 1 saturated heterocycles. The minimum absolute atomic E-state index is 0.233. The topological polar surface area (TPSA) is 49.5 Å². The van der Waals surface area contributed by atoms with Gasteiger partial charge in [-0.1, -0.05) is 11.6 Å². The molecule has 0 spiro atoms. The third kappa shape index (κ3) is 3.11. The molecule has 0 bridgehead atoms. The molecule has 0 amide bonds. The Morgan fingerprint density at radius 3 is 2.62 bits per heavy atom. The Morgan fingerprint density at radius 1 is 1.31 bits per heavy atom. The molecule has 0 aromatic heterocycles. The van der Waals surface area contributed by atoms with Crippen molar-refractivity contribution in [1.82, 2.24) is 4.90 Å². The van der Waals surface area contributed by atoms with Crippen LogP contribution in [0.15, 0.2) is 18.2 Å². The molecule has 0 saturated carbocycles. The van der Waals surface area contributed by atoms with Crippen molar-refractivity contribution in [3.05, 3.63) is 28.8 Å². The summed E-state index contributed by atoms with van der Waals surface area (Å²) in [5.41, 5.74) is 6.91. The van der Waals surface area contributed by atoms with Crippen LogP contribution < -0.4 is 5.73 Å². The minimum Gasteiger partial charge on any atom is -0.508 e. The van der Waals surface area contributed by atoms with Gasteiger partial charge in [0.2, 0.25) is 0 Å². The highest BCUT2D eigenvalue weighted by Crippen LogP contribution is 2.21. The fraction of sp³-hybridized carbons (Fsp3) is 0.500. The highest BCUT2D eigenvalue weighted by molar-refractivity contribution is 6.30. The van der Waals surface area contributed by atoms with E-state index in [1.54, 1.807) is 12.1 Å². The Balaban J connectivity index is 1.98. The number of nitrogens with two attached hydrogens (primary N) is 1. The van der Waals surface area contributed by atoms with Crippen LogP contribution in [0, 0.1) is 0 Å². The van der Waals surface area contributed by atoms with Crippen LogP contribution in [-0.4, -0.2) is 29.1 Å². The van der Waals surface area contributed by atoms with Gasteiger partial charge in [0, 0.05) is 17.6 Å². The van der Waals surface area contributed by atoms with Crippen LogP contribution in [0.3, 0.4) is 0 Å². The van der Waals surface area contributed by atoms with Gasteiger partial charge in [-0.3, -0.25) is 4.90 Å². The Kier molecular flexibility index (Phi) is 3.69. The fourth-order valence-corrected chi connectivity index (χ4v) is 2.35. The number of hydrogen-bond acceptors (Lipinski definition) is 3. The standard InChI is InChI=1S/C12H17ClN2O/c13-10-5-9(6-12(16)7-10)8-15-3-1-11(14)2-4-15/h5-7,11,16H,1-4,8,14H2. The molecule has 1 aromatic rings. The summed E-state index contributed by atoms with van der Waals surface area (Å²) in [5.74, 6) is 0.233. The van der Waals surface area contributed by atoms with Crippen molar-refractivity contribution in [2.75, 3.05) is 13.1 Å². The molecule has 88 valence electrons. The van der Waals surface area contributed by atoms with E-state index in [9.17, 15) is 5.11 Å². The largest absolute Gasteiger partial charge is 0.508 e. The fourth-order valence-electron chi connectivity index (χ4n) is 2.09. The lowest BCUT2D eigenvalue weighted by Gasteiger charge is -2.30. The SMILES string of the molecule is NC1CCN(Cc2cc(O)cc(Cl)c2)CC1. The van der Waals surface area contributed by atoms with E-state index in [0.717, 1.165) is 38.0 Å². The first-order valence-electron chi connectivity index (χ1n) is 5.60. The normalized spacial score (nSPS) is 18.9. The molecular formula is C12H17ClN2O. The Morgan fingerprint density at radius 2 is 2.00 bits per heavy atom. The van der Waals surface area contributed by atoms with Crippen molar-refractivity contribution in [2.45, 2.75) is 25.4 Å². The molecule has 16 heavy (non-hydrogen) atoms. The van der Waals surface area contributed by atoms with Crippen LogP contribution in [0.25, 0.3) is 0 Å². The molecular weight excluding hydrogens is 224 g/mol. The third-order valence-electron chi connectivity index (χ3n) is 2.98. The number of rotatable bonds is 2. The lowest BCUT2D eigenvalue weighted by molar-refractivity contribution is 0.205. The molecule has 0 radical (unpaired) electrons. The quantitative estimate of drug-likeness (QED) is 0.831. The average molecular weight is 241 g/mol. The lowest BCUT2D eigenvalue weighted by atomic mass is 10.1. The number of piperidine rings is 1. The van der Waals surface area contributed by atoms with Crippen LogP contribution in [0.2, 0.25) is 5.02 Å². The van der Waals surface area contributed by atoms with E-state index in [1.165, 1.54) is 0 Å². The molecule has 2 rings (SSSR count). The number of likely N-dealkylation sites (tertiary alicyclic amines) is 1. The zero-order valence-electron chi connectivity index (χ0n) is 9.19. The zero-order chi connectivity index (χ0) is 11.5. The predicted molar refractivity (Wildman–Crippen MR) is 65.6 cm³/mol. The molecule has 3 N–H and O–H groups in total. The van der Waals surface area contributed by atoms with Crippen molar-refractivity contribution >= 4 is 11.6 Å². The number of phenols is 1. The average Bonchev–Trinajstić information content (AvgIpc) is 2.20. The van der Waals surface area contributed by atoms with Gasteiger partial charge in [-0.25, -0.2) is 0 Å². The third-order valence-corrected chi connectivity index (χ3v) is 3.20. The molecule has 1 aliphatic rings. The van der Waals surface area contributed by atoms with E-state index in [2.05, 4.69) is 4.90 Å². The molecule has 1 aromatic carbocycles. The molecule has 1 fully saturated rings. The van der Waals surface area contributed by atoms with E-state index < -0.39 is 0 Å². The predicted octanol–water partition coefficient (Wildman–Crippen LogP) is 1.97. The summed E-state index contributed by atoms with van der Waals surface area (Å²) in [6, 6.07) is 5.57. The van der Waals surface area contributed by atoms with Crippen molar-refractivity contribution in [3.8, 4) is 5.75 Å². The smallest absolute Gasteiger partial charge is 0.117 e. The van der Waals surface area contributed by atoms with Gasteiger partial charge in [0.15, 0.2) is 0 Å². The lowest BCUT2D eigenvalue weighted by Crippen LogP contribution is -2.39. The number of benzene rings is 1. The van der Waals surface area contributed by atoms with E-state index >= 15 is 0 Å². The summed E-state index contributed by atoms with van der Waals surface area (Å²) in [7, 11) is 0. The molecule has 3 nitrogen and oxygen atoms in total. The first-order valence-corrected chi connectivity index (χ1v) is 5.97. The van der Waals surface area contributed by atoms with E-state index in [-0.39, 0.29) is 5.75 Å². The molecule has 1 heterocycles. The molecule has 0 atom stereocenters. The maximum absolute atomic E-state index is 9.44. The second-order valence-electron chi connectivity index (χ2n) is 4.43. The van der Waals surface area contributed by atoms with Gasteiger partial charge in [0.25, 0.3) is 0 Å². The monoisotopic (exact) mass is 240 g/mol. The summed E-state index contributed by atoms with van der Waals surface area (Å²) in [5, 5.41) is 10.0. The van der Waals surface area contributed by atoms with Gasteiger partial charge in [-0.05, 0) is 49.7 Å². The minimum atomic E-state index is 0.233. The van der Waals surface area contributed by atoms with Gasteiger partial charge in [-0.2, -0.15) is 0 Å². The highest BCUT2D eigenvalue weighted by atomic mass is 35.5. The molecule has 4 heteroatoms. The van der Waals surface area contributed by atoms with E-state index in [4.69, 9.17) is 17.3 Å². The first kappa shape index (κ1) is 11.7. The van der Waals surface area contributed by atoms with Gasteiger partial charge >= 0.3 is 0 Å². The van der Waals surface area contributed by atoms with Crippen molar-refractivity contribution < 1.29 is 5.11 Å². The van der Waals surface area contributed by atoms with Gasteiger partial charge in [-0.15, -0.1) is 0 Å². The van der Waals surface area contributed by atoms with E-state index in [0.29, 0.717) is 11.1 Å². The van der Waals surface area contributed by atoms with Gasteiger partial charge in [0.05, 0.1) is 0 Å². The van der Waals surface area contributed by atoms with Crippen LogP contribution in [0.5, 0.6) is 5.75 Å². The van der Waals surface area contributed by atoms with Crippen LogP contribution in [0.4, 0.5) is 0 Å². The second-order valence-corrected chi connectivity index (χ2v) is 4.87. The highest BCUT2D eigenvalue weighted by Gasteiger charge is 2.16. The van der Waals surface area contributed by atoms with Gasteiger partial charge < -0.3 is 10.8 Å². The van der Waals surface area contributed by atoms with Crippen LogP contribution >= 0.6 is 11.6 Å².